The van der Waals surface area contributed by atoms with E-state index in [4.69, 9.17) is 28.2 Å². The quantitative estimate of drug-likeness (QED) is 0.381. The van der Waals surface area contributed by atoms with Gasteiger partial charge in [0.2, 0.25) is 0 Å². The molecule has 31 heavy (non-hydrogen) atoms. The number of carbonyl (C=O) groups excluding carboxylic acids is 1. The third-order valence-corrected chi connectivity index (χ3v) is 6.04. The van der Waals surface area contributed by atoms with Gasteiger partial charge in [0.1, 0.15) is 0 Å². The molecule has 0 spiro atoms. The van der Waals surface area contributed by atoms with Crippen molar-refractivity contribution in [3.8, 4) is 5.69 Å². The highest BCUT2D eigenvalue weighted by atomic mass is 35.5. The summed E-state index contributed by atoms with van der Waals surface area (Å²) in [6.45, 7) is 2.03. The topological polar surface area (TPSA) is 59.8 Å². The normalized spacial score (nSPS) is 13.5. The van der Waals surface area contributed by atoms with E-state index in [1.807, 2.05) is 48.0 Å². The summed E-state index contributed by atoms with van der Waals surface area (Å²) < 4.78 is 1.82. The Hall–Kier alpha value is -2.89. The van der Waals surface area contributed by atoms with Crippen LogP contribution in [0, 0.1) is 0 Å². The Labute approximate surface area is 190 Å². The standard InChI is InChI=1S/C24H20Cl2N4O/c1-2-23-22(13-27-30(23)17-8-5-15(25)6-9-17)29-24(31)19-12-21(14-3-4-14)28-20-10-7-16(26)11-18(19)20/h5-14H,2-4H2,1H3,(H,29,31). The van der Waals surface area contributed by atoms with Gasteiger partial charge in [0, 0.05) is 27.0 Å². The van der Waals surface area contributed by atoms with E-state index in [-0.39, 0.29) is 5.91 Å². The van der Waals surface area contributed by atoms with Gasteiger partial charge in [0.05, 0.1) is 34.3 Å². The second-order valence-corrected chi connectivity index (χ2v) is 8.60. The zero-order valence-corrected chi connectivity index (χ0v) is 18.4. The molecule has 0 atom stereocenters. The Balaban J connectivity index is 1.53. The molecule has 5 rings (SSSR count). The van der Waals surface area contributed by atoms with Crippen molar-refractivity contribution < 1.29 is 4.79 Å². The Kier molecular flexibility index (Phi) is 5.16. The van der Waals surface area contributed by atoms with Crippen LogP contribution in [0.2, 0.25) is 10.0 Å². The van der Waals surface area contributed by atoms with E-state index in [2.05, 4.69) is 10.4 Å². The second kappa shape index (κ2) is 7.98. The number of nitrogens with zero attached hydrogens (tertiary/aromatic N) is 3. The van der Waals surface area contributed by atoms with Gasteiger partial charge in [0.15, 0.2) is 0 Å². The molecule has 5 nitrogen and oxygen atoms in total. The molecule has 1 amide bonds. The minimum Gasteiger partial charge on any atom is -0.319 e. The summed E-state index contributed by atoms with van der Waals surface area (Å²) in [5, 5.41) is 9.54. The zero-order valence-electron chi connectivity index (χ0n) is 16.9. The third kappa shape index (κ3) is 3.91. The second-order valence-electron chi connectivity index (χ2n) is 7.73. The van der Waals surface area contributed by atoms with E-state index >= 15 is 0 Å². The molecule has 2 aromatic carbocycles. The Morgan fingerprint density at radius 2 is 1.84 bits per heavy atom. The molecule has 2 heterocycles. The van der Waals surface area contributed by atoms with E-state index in [0.29, 0.717) is 33.6 Å². The number of anilines is 1. The molecule has 0 bridgehead atoms. The zero-order chi connectivity index (χ0) is 21.5. The van der Waals surface area contributed by atoms with Crippen LogP contribution < -0.4 is 5.32 Å². The summed E-state index contributed by atoms with van der Waals surface area (Å²) in [6, 6.07) is 14.8. The summed E-state index contributed by atoms with van der Waals surface area (Å²) in [4.78, 5) is 18.1. The number of benzene rings is 2. The van der Waals surface area contributed by atoms with Crippen LogP contribution in [0.4, 0.5) is 5.69 Å². The maximum Gasteiger partial charge on any atom is 0.256 e. The van der Waals surface area contributed by atoms with Crippen LogP contribution in [0.25, 0.3) is 16.6 Å². The summed E-state index contributed by atoms with van der Waals surface area (Å²) >= 11 is 12.2. The highest BCUT2D eigenvalue weighted by Gasteiger charge is 2.27. The minimum atomic E-state index is -0.193. The van der Waals surface area contributed by atoms with E-state index in [0.717, 1.165) is 40.8 Å². The molecule has 4 aromatic rings. The number of amides is 1. The molecule has 1 fully saturated rings. The van der Waals surface area contributed by atoms with Crippen molar-refractivity contribution in [2.24, 2.45) is 0 Å². The number of rotatable bonds is 5. The molecule has 2 aromatic heterocycles. The lowest BCUT2D eigenvalue weighted by Crippen LogP contribution is -2.15. The number of halogens is 2. The molecule has 7 heteroatoms. The molecule has 1 aliphatic rings. The summed E-state index contributed by atoms with van der Waals surface area (Å²) in [7, 11) is 0. The molecule has 1 saturated carbocycles. The van der Waals surface area contributed by atoms with Crippen LogP contribution in [0.1, 0.15) is 47.4 Å². The van der Waals surface area contributed by atoms with Crippen LogP contribution in [-0.2, 0) is 6.42 Å². The fourth-order valence-electron chi connectivity index (χ4n) is 3.81. The van der Waals surface area contributed by atoms with Crippen molar-refractivity contribution in [2.75, 3.05) is 5.32 Å². The van der Waals surface area contributed by atoms with Crippen molar-refractivity contribution in [3.05, 3.63) is 81.7 Å². The predicted molar refractivity (Wildman–Crippen MR) is 125 cm³/mol. The largest absolute Gasteiger partial charge is 0.319 e. The molecule has 1 N–H and O–H groups in total. The first-order valence-electron chi connectivity index (χ1n) is 10.3. The lowest BCUT2D eigenvalue weighted by molar-refractivity contribution is 0.102. The first kappa shape index (κ1) is 20.0. The molecule has 0 radical (unpaired) electrons. The fourth-order valence-corrected chi connectivity index (χ4v) is 4.11. The molecule has 0 unspecified atom stereocenters. The van der Waals surface area contributed by atoms with Gasteiger partial charge >= 0.3 is 0 Å². The Bertz CT molecular complexity index is 1290. The van der Waals surface area contributed by atoms with E-state index in [1.165, 1.54) is 0 Å². The highest BCUT2D eigenvalue weighted by Crippen LogP contribution is 2.40. The summed E-state index contributed by atoms with van der Waals surface area (Å²) in [5.41, 5.74) is 4.81. The SMILES string of the molecule is CCc1c(NC(=O)c2cc(C3CC3)nc3ccc(Cl)cc23)cnn1-c1ccc(Cl)cc1. The number of pyridine rings is 1. The number of nitrogens with one attached hydrogen (secondary N) is 1. The van der Waals surface area contributed by atoms with Crippen LogP contribution in [0.3, 0.4) is 0 Å². The van der Waals surface area contributed by atoms with Gasteiger partial charge in [-0.15, -0.1) is 0 Å². The van der Waals surface area contributed by atoms with Crippen molar-refractivity contribution in [2.45, 2.75) is 32.1 Å². The van der Waals surface area contributed by atoms with Crippen LogP contribution in [-0.4, -0.2) is 20.7 Å². The lowest BCUT2D eigenvalue weighted by atomic mass is 10.0. The van der Waals surface area contributed by atoms with E-state index in [1.54, 1.807) is 18.3 Å². The smallest absolute Gasteiger partial charge is 0.256 e. The molecular formula is C24H20Cl2N4O. The highest BCUT2D eigenvalue weighted by molar-refractivity contribution is 6.31. The van der Waals surface area contributed by atoms with Gasteiger partial charge in [-0.2, -0.15) is 5.10 Å². The van der Waals surface area contributed by atoms with Crippen molar-refractivity contribution >= 4 is 45.7 Å². The maximum absolute atomic E-state index is 13.4. The molecule has 156 valence electrons. The third-order valence-electron chi connectivity index (χ3n) is 5.55. The number of hydrogen-bond acceptors (Lipinski definition) is 3. The first-order chi connectivity index (χ1) is 15.0. The number of hydrogen-bond donors (Lipinski definition) is 1. The molecule has 0 aliphatic heterocycles. The van der Waals surface area contributed by atoms with Crippen molar-refractivity contribution in [1.29, 1.82) is 0 Å². The fraction of sp³-hybridized carbons (Fsp3) is 0.208. The minimum absolute atomic E-state index is 0.193. The van der Waals surface area contributed by atoms with Crippen molar-refractivity contribution in [1.82, 2.24) is 14.8 Å². The lowest BCUT2D eigenvalue weighted by Gasteiger charge is -2.12. The number of aromatic nitrogens is 3. The van der Waals surface area contributed by atoms with Gasteiger partial charge in [-0.3, -0.25) is 9.78 Å². The summed E-state index contributed by atoms with van der Waals surface area (Å²) in [5.74, 6) is 0.243. The monoisotopic (exact) mass is 450 g/mol. The summed E-state index contributed by atoms with van der Waals surface area (Å²) in [6.07, 6.45) is 4.61. The van der Waals surface area contributed by atoms with E-state index in [9.17, 15) is 4.79 Å². The van der Waals surface area contributed by atoms with Gasteiger partial charge in [-0.1, -0.05) is 30.1 Å². The molecule has 1 aliphatic carbocycles. The van der Waals surface area contributed by atoms with Crippen LogP contribution in [0.5, 0.6) is 0 Å². The van der Waals surface area contributed by atoms with Gasteiger partial charge < -0.3 is 5.32 Å². The first-order valence-corrected chi connectivity index (χ1v) is 11.0. The predicted octanol–water partition coefficient (Wildman–Crippen LogP) is 6.42. The molecule has 0 saturated heterocycles. The molecular weight excluding hydrogens is 431 g/mol. The Morgan fingerprint density at radius 3 is 2.55 bits per heavy atom. The van der Waals surface area contributed by atoms with Gasteiger partial charge in [0.25, 0.3) is 5.91 Å². The number of fused-ring (bicyclic) bond motifs is 1. The van der Waals surface area contributed by atoms with Crippen LogP contribution >= 0.6 is 23.2 Å². The number of carbonyl (C=O) groups is 1. The maximum atomic E-state index is 13.4. The van der Waals surface area contributed by atoms with Crippen LogP contribution in [0.15, 0.2) is 54.7 Å². The average molecular weight is 451 g/mol. The van der Waals surface area contributed by atoms with Gasteiger partial charge in [-0.05, 0) is 67.8 Å². The average Bonchev–Trinajstić information content (AvgIpc) is 3.54. The van der Waals surface area contributed by atoms with Gasteiger partial charge in [-0.25, -0.2) is 4.68 Å². The van der Waals surface area contributed by atoms with Crippen molar-refractivity contribution in [3.63, 3.8) is 0 Å². The van der Waals surface area contributed by atoms with E-state index < -0.39 is 0 Å². The Morgan fingerprint density at radius 1 is 1.10 bits per heavy atom.